The first kappa shape index (κ1) is 19.0. The molecule has 1 aromatic rings. The van der Waals surface area contributed by atoms with Crippen molar-refractivity contribution in [1.29, 1.82) is 5.26 Å². The van der Waals surface area contributed by atoms with Crippen molar-refractivity contribution in [2.24, 2.45) is 10.8 Å². The van der Waals surface area contributed by atoms with Crippen LogP contribution in [0.3, 0.4) is 0 Å². The molecule has 0 spiro atoms. The van der Waals surface area contributed by atoms with Crippen molar-refractivity contribution >= 4 is 38.9 Å². The lowest BCUT2D eigenvalue weighted by Crippen LogP contribution is -2.51. The lowest BCUT2D eigenvalue weighted by molar-refractivity contribution is -0.118. The third-order valence-corrected chi connectivity index (χ3v) is 6.24. The van der Waals surface area contributed by atoms with Crippen LogP contribution in [0.15, 0.2) is 52.7 Å². The molecule has 1 N–H and O–H groups in total. The first-order valence-corrected chi connectivity index (χ1v) is 9.79. The second-order valence-electron chi connectivity index (χ2n) is 7.85. The molecule has 0 amide bonds. The summed E-state index contributed by atoms with van der Waals surface area (Å²) in [6, 6.07) is 10.2. The molecule has 2 aliphatic rings. The van der Waals surface area contributed by atoms with Gasteiger partial charge in [0, 0.05) is 28.1 Å². The fraction of sp³-hybridized carbons (Fsp3) is 0.381. The number of ketones is 1. The zero-order valence-electron chi connectivity index (χ0n) is 14.9. The van der Waals surface area contributed by atoms with E-state index < -0.39 is 5.41 Å². The average Bonchev–Trinajstić information content (AvgIpc) is 2.56. The molecule has 1 aromatic carbocycles. The van der Waals surface area contributed by atoms with Gasteiger partial charge in [0.05, 0.1) is 6.07 Å². The summed E-state index contributed by atoms with van der Waals surface area (Å²) in [6.45, 7) is 8.00. The molecule has 1 aliphatic carbocycles. The van der Waals surface area contributed by atoms with Gasteiger partial charge in [-0.1, -0.05) is 60.2 Å². The largest absolute Gasteiger partial charge is 0.352 e. The van der Waals surface area contributed by atoms with Gasteiger partial charge in [0.25, 0.3) is 0 Å². The van der Waals surface area contributed by atoms with Crippen molar-refractivity contribution < 1.29 is 4.79 Å². The number of hydrogen-bond acceptors (Lipinski definition) is 3. The highest BCUT2D eigenvalue weighted by Crippen LogP contribution is 2.52. The lowest BCUT2D eigenvalue weighted by Gasteiger charge is -2.46. The summed E-state index contributed by atoms with van der Waals surface area (Å²) in [5, 5.41) is 13.4. The van der Waals surface area contributed by atoms with Crippen LogP contribution in [0.4, 0.5) is 0 Å². The predicted octanol–water partition coefficient (Wildman–Crippen LogP) is 5.19. The smallest absolute Gasteiger partial charge is 0.161 e. The van der Waals surface area contributed by atoms with E-state index in [2.05, 4.69) is 47.7 Å². The minimum absolute atomic E-state index is 0.0999. The van der Waals surface area contributed by atoms with E-state index in [0.717, 1.165) is 22.2 Å². The van der Waals surface area contributed by atoms with Crippen LogP contribution in [-0.2, 0) is 4.79 Å². The standard InChI is InChI=1S/C21H21BrN2OS/c1-4-9-21(12-23)18(13-5-7-14(22)8-6-13)17-15(24-19(21)26)10-20(2,3)11-16(17)25/h4-8,18H,1,9-11H2,2-3H3,(H,24,26)/t18-,21-/m0/s1. The summed E-state index contributed by atoms with van der Waals surface area (Å²) in [5.41, 5.74) is 1.40. The summed E-state index contributed by atoms with van der Waals surface area (Å²) in [5.74, 6) is -0.284. The summed E-state index contributed by atoms with van der Waals surface area (Å²) in [6.07, 6.45) is 3.33. The van der Waals surface area contributed by atoms with Crippen LogP contribution < -0.4 is 5.32 Å². The summed E-state index contributed by atoms with van der Waals surface area (Å²) < 4.78 is 0.953. The van der Waals surface area contributed by atoms with E-state index in [0.29, 0.717) is 23.4 Å². The number of halogens is 1. The van der Waals surface area contributed by atoms with Crippen molar-refractivity contribution in [2.75, 3.05) is 0 Å². The molecule has 0 aromatic heterocycles. The molecular weight excluding hydrogens is 408 g/mol. The van der Waals surface area contributed by atoms with Gasteiger partial charge in [-0.2, -0.15) is 5.26 Å². The van der Waals surface area contributed by atoms with E-state index in [1.54, 1.807) is 6.08 Å². The molecule has 0 unspecified atom stereocenters. The molecule has 0 fully saturated rings. The Bertz CT molecular complexity index is 863. The lowest BCUT2D eigenvalue weighted by atomic mass is 9.60. The van der Waals surface area contributed by atoms with Crippen LogP contribution in [0.1, 0.15) is 44.6 Å². The SMILES string of the molecule is C=CC[C@@]1(C#N)C(=S)NC2=C(C(=O)CC(C)(C)C2)[C@@H]1c1ccc(Br)cc1. The molecule has 2 atom stereocenters. The third kappa shape index (κ3) is 3.06. The molecule has 0 bridgehead atoms. The second-order valence-corrected chi connectivity index (χ2v) is 9.17. The molecular formula is C21H21BrN2OS. The maximum atomic E-state index is 13.1. The van der Waals surface area contributed by atoms with Gasteiger partial charge < -0.3 is 5.32 Å². The number of rotatable bonds is 3. The normalized spacial score (nSPS) is 27.4. The van der Waals surface area contributed by atoms with Crippen LogP contribution in [0, 0.1) is 22.2 Å². The number of carbonyl (C=O) groups is 1. The van der Waals surface area contributed by atoms with Crippen LogP contribution in [0.5, 0.6) is 0 Å². The summed E-state index contributed by atoms with van der Waals surface area (Å²) in [7, 11) is 0. The number of benzene rings is 1. The van der Waals surface area contributed by atoms with Gasteiger partial charge in [-0.3, -0.25) is 4.79 Å². The van der Waals surface area contributed by atoms with Crippen molar-refractivity contribution in [3.05, 3.63) is 58.2 Å². The number of allylic oxidation sites excluding steroid dienone is 3. The zero-order chi connectivity index (χ0) is 19.1. The first-order valence-electron chi connectivity index (χ1n) is 8.59. The Labute approximate surface area is 168 Å². The van der Waals surface area contributed by atoms with Crippen molar-refractivity contribution in [3.8, 4) is 6.07 Å². The van der Waals surface area contributed by atoms with Crippen LogP contribution in [-0.4, -0.2) is 10.8 Å². The predicted molar refractivity (Wildman–Crippen MR) is 111 cm³/mol. The molecule has 5 heteroatoms. The molecule has 3 nitrogen and oxygen atoms in total. The number of hydrogen-bond donors (Lipinski definition) is 1. The molecule has 0 saturated carbocycles. The van der Waals surface area contributed by atoms with Gasteiger partial charge >= 0.3 is 0 Å². The number of Topliss-reactive ketones (excluding diaryl/α,β-unsaturated/α-hetero) is 1. The minimum atomic E-state index is -0.999. The maximum Gasteiger partial charge on any atom is 0.161 e. The molecule has 0 radical (unpaired) electrons. The fourth-order valence-corrected chi connectivity index (χ4v) is 4.75. The van der Waals surface area contributed by atoms with Crippen molar-refractivity contribution in [2.45, 2.75) is 39.0 Å². The molecule has 1 heterocycles. The second kappa shape index (κ2) is 6.75. The monoisotopic (exact) mass is 428 g/mol. The summed E-state index contributed by atoms with van der Waals surface area (Å²) >= 11 is 9.11. The van der Waals surface area contributed by atoms with Gasteiger partial charge in [-0.05, 0) is 36.0 Å². The first-order chi connectivity index (χ1) is 12.2. The highest BCUT2D eigenvalue weighted by Gasteiger charge is 2.52. The topological polar surface area (TPSA) is 52.9 Å². The number of nitriles is 1. The molecule has 134 valence electrons. The molecule has 0 saturated heterocycles. The molecule has 26 heavy (non-hydrogen) atoms. The van der Waals surface area contributed by atoms with Crippen LogP contribution in [0.2, 0.25) is 0 Å². The Kier molecular flexibility index (Phi) is 4.94. The Morgan fingerprint density at radius 3 is 2.62 bits per heavy atom. The number of carbonyl (C=O) groups excluding carboxylic acids is 1. The maximum absolute atomic E-state index is 13.1. The van der Waals surface area contributed by atoms with E-state index in [1.165, 1.54) is 0 Å². The molecule has 3 rings (SSSR count). The van der Waals surface area contributed by atoms with E-state index in [9.17, 15) is 10.1 Å². The minimum Gasteiger partial charge on any atom is -0.352 e. The van der Waals surface area contributed by atoms with E-state index in [1.807, 2.05) is 24.3 Å². The average molecular weight is 429 g/mol. The van der Waals surface area contributed by atoms with Gasteiger partial charge in [-0.15, -0.1) is 6.58 Å². The Hall–Kier alpha value is -1.77. The highest BCUT2D eigenvalue weighted by atomic mass is 79.9. The highest BCUT2D eigenvalue weighted by molar-refractivity contribution is 9.10. The Balaban J connectivity index is 2.27. The van der Waals surface area contributed by atoms with Crippen LogP contribution in [0.25, 0.3) is 0 Å². The molecule has 1 aliphatic heterocycles. The van der Waals surface area contributed by atoms with Crippen LogP contribution >= 0.6 is 28.1 Å². The van der Waals surface area contributed by atoms with Crippen molar-refractivity contribution in [1.82, 2.24) is 5.32 Å². The third-order valence-electron chi connectivity index (χ3n) is 5.24. The Morgan fingerprint density at radius 1 is 1.38 bits per heavy atom. The van der Waals surface area contributed by atoms with Gasteiger partial charge in [0.2, 0.25) is 0 Å². The summed E-state index contributed by atoms with van der Waals surface area (Å²) in [4.78, 5) is 13.6. The number of thiocarbonyl (C=S) groups is 1. The van der Waals surface area contributed by atoms with Gasteiger partial charge in [0.15, 0.2) is 5.78 Å². The Morgan fingerprint density at radius 2 is 2.04 bits per heavy atom. The number of nitrogens with one attached hydrogen (secondary N) is 1. The van der Waals surface area contributed by atoms with Crippen molar-refractivity contribution in [3.63, 3.8) is 0 Å². The number of nitrogens with zero attached hydrogens (tertiary/aromatic N) is 1. The zero-order valence-corrected chi connectivity index (χ0v) is 17.3. The van der Waals surface area contributed by atoms with E-state index >= 15 is 0 Å². The van der Waals surface area contributed by atoms with Gasteiger partial charge in [-0.25, -0.2) is 0 Å². The fourth-order valence-electron chi connectivity index (χ4n) is 4.11. The van der Waals surface area contributed by atoms with Gasteiger partial charge in [0.1, 0.15) is 10.4 Å². The van der Waals surface area contributed by atoms with E-state index in [4.69, 9.17) is 12.2 Å². The quantitative estimate of drug-likeness (QED) is 0.531. The van der Waals surface area contributed by atoms with E-state index in [-0.39, 0.29) is 17.1 Å².